The summed E-state index contributed by atoms with van der Waals surface area (Å²) in [5, 5.41) is 0. The van der Waals surface area contributed by atoms with Crippen molar-refractivity contribution in [2.75, 3.05) is 32.8 Å². The molecule has 86 valence electrons. The van der Waals surface area contributed by atoms with Gasteiger partial charge in [0.2, 0.25) is 5.92 Å². The Hall–Kier alpha value is -0.220. The maximum atomic E-state index is 12.8. The SMILES string of the molecule is CC1(CN2CC3(COC3)C2)CC(F)(F)C1. The van der Waals surface area contributed by atoms with Gasteiger partial charge in [-0.25, -0.2) is 8.78 Å². The van der Waals surface area contributed by atoms with E-state index in [2.05, 4.69) is 4.90 Å². The molecule has 3 fully saturated rings. The molecule has 3 rings (SSSR count). The van der Waals surface area contributed by atoms with Gasteiger partial charge in [-0.05, 0) is 5.41 Å². The van der Waals surface area contributed by atoms with Crippen LogP contribution in [0.5, 0.6) is 0 Å². The van der Waals surface area contributed by atoms with Crippen molar-refractivity contribution >= 4 is 0 Å². The van der Waals surface area contributed by atoms with Crippen molar-refractivity contribution in [2.24, 2.45) is 10.8 Å². The summed E-state index contributed by atoms with van der Waals surface area (Å²) in [5.74, 6) is -2.39. The molecule has 0 atom stereocenters. The fourth-order valence-electron chi connectivity index (χ4n) is 3.44. The predicted octanol–water partition coefficient (Wildman–Crippen LogP) is 1.75. The van der Waals surface area contributed by atoms with Crippen LogP contribution in [-0.4, -0.2) is 43.7 Å². The van der Waals surface area contributed by atoms with Gasteiger partial charge in [0.1, 0.15) is 0 Å². The second-order valence-electron chi connectivity index (χ2n) is 6.16. The van der Waals surface area contributed by atoms with Crippen molar-refractivity contribution in [1.82, 2.24) is 4.90 Å². The van der Waals surface area contributed by atoms with E-state index in [9.17, 15) is 8.78 Å². The minimum Gasteiger partial charge on any atom is -0.380 e. The highest BCUT2D eigenvalue weighted by molar-refractivity contribution is 5.04. The van der Waals surface area contributed by atoms with E-state index < -0.39 is 5.92 Å². The third-order valence-electron chi connectivity index (χ3n) is 3.91. The van der Waals surface area contributed by atoms with Crippen molar-refractivity contribution in [1.29, 1.82) is 0 Å². The van der Waals surface area contributed by atoms with Crippen LogP contribution in [0, 0.1) is 10.8 Å². The summed E-state index contributed by atoms with van der Waals surface area (Å²) in [6.07, 6.45) is 0.139. The largest absolute Gasteiger partial charge is 0.380 e. The molecule has 1 aliphatic carbocycles. The zero-order chi connectivity index (χ0) is 10.7. The van der Waals surface area contributed by atoms with Gasteiger partial charge in [0, 0.05) is 37.9 Å². The maximum Gasteiger partial charge on any atom is 0.249 e. The van der Waals surface area contributed by atoms with Crippen LogP contribution in [-0.2, 0) is 4.74 Å². The van der Waals surface area contributed by atoms with Gasteiger partial charge in [-0.1, -0.05) is 6.92 Å². The van der Waals surface area contributed by atoms with Crippen molar-refractivity contribution in [3.8, 4) is 0 Å². The summed E-state index contributed by atoms with van der Waals surface area (Å²) in [6, 6.07) is 0. The van der Waals surface area contributed by atoms with E-state index in [0.29, 0.717) is 5.41 Å². The number of likely N-dealkylation sites (tertiary alicyclic amines) is 1. The average Bonchev–Trinajstić information content (AvgIpc) is 1.87. The molecule has 0 radical (unpaired) electrons. The molecular weight excluding hydrogens is 200 g/mol. The van der Waals surface area contributed by atoms with E-state index in [4.69, 9.17) is 4.74 Å². The monoisotopic (exact) mass is 217 g/mol. The summed E-state index contributed by atoms with van der Waals surface area (Å²) in [6.45, 7) is 6.66. The molecular formula is C11H17F2NO. The van der Waals surface area contributed by atoms with E-state index in [1.54, 1.807) is 0 Å². The third-order valence-corrected chi connectivity index (χ3v) is 3.91. The highest BCUT2D eigenvalue weighted by Gasteiger charge is 2.57. The number of rotatable bonds is 2. The second kappa shape index (κ2) is 2.72. The second-order valence-corrected chi connectivity index (χ2v) is 6.16. The smallest absolute Gasteiger partial charge is 0.249 e. The fraction of sp³-hybridized carbons (Fsp3) is 1.00. The maximum absolute atomic E-state index is 12.8. The van der Waals surface area contributed by atoms with Gasteiger partial charge >= 0.3 is 0 Å². The Kier molecular flexibility index (Phi) is 1.81. The number of nitrogens with zero attached hydrogens (tertiary/aromatic N) is 1. The quantitative estimate of drug-likeness (QED) is 0.698. The van der Waals surface area contributed by atoms with Crippen LogP contribution in [0.2, 0.25) is 0 Å². The van der Waals surface area contributed by atoms with Crippen molar-refractivity contribution in [2.45, 2.75) is 25.7 Å². The van der Waals surface area contributed by atoms with Crippen LogP contribution >= 0.6 is 0 Å². The lowest BCUT2D eigenvalue weighted by Crippen LogP contribution is -2.68. The lowest BCUT2D eigenvalue weighted by atomic mass is 9.66. The summed E-state index contributed by atoms with van der Waals surface area (Å²) >= 11 is 0. The molecule has 0 bridgehead atoms. The summed E-state index contributed by atoms with van der Waals surface area (Å²) < 4.78 is 30.8. The molecule has 2 saturated heterocycles. The molecule has 0 aromatic carbocycles. The van der Waals surface area contributed by atoms with E-state index in [1.807, 2.05) is 6.92 Å². The molecule has 1 saturated carbocycles. The standard InChI is InChI=1S/C11H17F2NO/c1-9(2-11(12,13)3-9)4-14-5-10(6-14)7-15-8-10/h2-8H2,1H3. The van der Waals surface area contributed by atoms with Gasteiger partial charge in [0.25, 0.3) is 0 Å². The topological polar surface area (TPSA) is 12.5 Å². The Bertz CT molecular complexity index is 272. The van der Waals surface area contributed by atoms with E-state index in [0.717, 1.165) is 32.8 Å². The zero-order valence-corrected chi connectivity index (χ0v) is 9.06. The number of ether oxygens (including phenoxy) is 1. The molecule has 0 N–H and O–H groups in total. The van der Waals surface area contributed by atoms with Crippen LogP contribution < -0.4 is 0 Å². The van der Waals surface area contributed by atoms with Crippen molar-refractivity contribution < 1.29 is 13.5 Å². The Morgan fingerprint density at radius 2 is 1.80 bits per heavy atom. The van der Waals surface area contributed by atoms with Crippen LogP contribution in [0.25, 0.3) is 0 Å². The first-order valence-corrected chi connectivity index (χ1v) is 5.59. The van der Waals surface area contributed by atoms with Crippen molar-refractivity contribution in [3.63, 3.8) is 0 Å². The van der Waals surface area contributed by atoms with Crippen molar-refractivity contribution in [3.05, 3.63) is 0 Å². The molecule has 1 spiro atoms. The van der Waals surface area contributed by atoms with Gasteiger partial charge in [-0.2, -0.15) is 0 Å². The van der Waals surface area contributed by atoms with Gasteiger partial charge in [-0.15, -0.1) is 0 Å². The summed E-state index contributed by atoms with van der Waals surface area (Å²) in [7, 11) is 0. The first-order valence-electron chi connectivity index (χ1n) is 5.59. The van der Waals surface area contributed by atoms with Crippen LogP contribution in [0.1, 0.15) is 19.8 Å². The number of hydrogen-bond acceptors (Lipinski definition) is 2. The van der Waals surface area contributed by atoms with E-state index in [-0.39, 0.29) is 18.3 Å². The van der Waals surface area contributed by atoms with Gasteiger partial charge in [0.05, 0.1) is 13.2 Å². The minimum absolute atomic E-state index is 0.0694. The van der Waals surface area contributed by atoms with Gasteiger partial charge < -0.3 is 9.64 Å². The normalized spacial score (nSPS) is 35.4. The number of halogens is 2. The molecule has 0 unspecified atom stereocenters. The molecule has 0 aromatic rings. The van der Waals surface area contributed by atoms with Crippen LogP contribution in [0.3, 0.4) is 0 Å². The Balaban J connectivity index is 1.48. The zero-order valence-electron chi connectivity index (χ0n) is 9.06. The molecule has 0 aromatic heterocycles. The summed E-state index contributed by atoms with van der Waals surface area (Å²) in [5.41, 5.74) is 0.262. The van der Waals surface area contributed by atoms with E-state index in [1.165, 1.54) is 0 Å². The third kappa shape index (κ3) is 1.58. The Labute approximate surface area is 88.6 Å². The molecule has 4 heteroatoms. The molecule has 15 heavy (non-hydrogen) atoms. The lowest BCUT2D eigenvalue weighted by Gasteiger charge is -2.58. The molecule has 3 aliphatic rings. The molecule has 2 nitrogen and oxygen atoms in total. The average molecular weight is 217 g/mol. The first-order chi connectivity index (χ1) is 6.91. The van der Waals surface area contributed by atoms with Crippen LogP contribution in [0.4, 0.5) is 8.78 Å². The van der Waals surface area contributed by atoms with Gasteiger partial charge in [-0.3, -0.25) is 0 Å². The number of alkyl halides is 2. The van der Waals surface area contributed by atoms with E-state index >= 15 is 0 Å². The molecule has 2 heterocycles. The Morgan fingerprint density at radius 3 is 2.20 bits per heavy atom. The lowest BCUT2D eigenvalue weighted by molar-refractivity contribution is -0.214. The minimum atomic E-state index is -2.39. The Morgan fingerprint density at radius 1 is 1.20 bits per heavy atom. The number of hydrogen-bond donors (Lipinski definition) is 0. The fourth-order valence-corrected chi connectivity index (χ4v) is 3.44. The predicted molar refractivity (Wildman–Crippen MR) is 52.0 cm³/mol. The first kappa shape index (κ1) is 9.97. The molecule has 2 aliphatic heterocycles. The summed E-state index contributed by atoms with van der Waals surface area (Å²) in [4.78, 5) is 2.30. The highest BCUT2D eigenvalue weighted by atomic mass is 19.3. The van der Waals surface area contributed by atoms with Gasteiger partial charge in [0.15, 0.2) is 0 Å². The highest BCUT2D eigenvalue weighted by Crippen LogP contribution is 2.53. The molecule has 0 amide bonds. The van der Waals surface area contributed by atoms with Crippen LogP contribution in [0.15, 0.2) is 0 Å².